The van der Waals surface area contributed by atoms with Crippen molar-refractivity contribution in [3.05, 3.63) is 75.0 Å². The lowest BCUT2D eigenvalue weighted by Gasteiger charge is -2.37. The standard InChI is InChI=1S/C26H29NO5S/c1-5-32-16-19-13-18(8-9-21(19)29-2)26(28)27-11-10-17-14-22(30-3)23(31-4)15-20(17)25(27)24-7-6-12-33-24/h6-9,12-15,25H,5,10-11,16H2,1-4H3. The number of methoxy groups -OCH3 is 3. The van der Waals surface area contributed by atoms with Gasteiger partial charge in [0.15, 0.2) is 11.5 Å². The summed E-state index contributed by atoms with van der Waals surface area (Å²) in [5.74, 6) is 2.07. The summed E-state index contributed by atoms with van der Waals surface area (Å²) in [6.07, 6.45) is 0.741. The molecule has 33 heavy (non-hydrogen) atoms. The summed E-state index contributed by atoms with van der Waals surface area (Å²) in [5, 5.41) is 2.04. The second kappa shape index (κ2) is 10.3. The molecule has 1 unspecified atom stereocenters. The van der Waals surface area contributed by atoms with Crippen molar-refractivity contribution in [1.82, 2.24) is 4.90 Å². The molecule has 1 amide bonds. The number of carbonyl (C=O) groups excluding carboxylic acids is 1. The van der Waals surface area contributed by atoms with Gasteiger partial charge in [-0.05, 0) is 66.2 Å². The molecule has 6 nitrogen and oxygen atoms in total. The number of amides is 1. The van der Waals surface area contributed by atoms with Gasteiger partial charge in [-0.2, -0.15) is 0 Å². The maximum Gasteiger partial charge on any atom is 0.254 e. The van der Waals surface area contributed by atoms with Gasteiger partial charge >= 0.3 is 0 Å². The van der Waals surface area contributed by atoms with Gasteiger partial charge in [-0.3, -0.25) is 4.79 Å². The third kappa shape index (κ3) is 4.56. The first-order valence-electron chi connectivity index (χ1n) is 10.9. The third-order valence-electron chi connectivity index (χ3n) is 5.94. The van der Waals surface area contributed by atoms with E-state index in [9.17, 15) is 4.79 Å². The number of thiophene rings is 1. The molecule has 0 N–H and O–H groups in total. The van der Waals surface area contributed by atoms with Crippen LogP contribution in [0.15, 0.2) is 47.8 Å². The first kappa shape index (κ1) is 23.1. The van der Waals surface area contributed by atoms with Crippen molar-refractivity contribution in [2.45, 2.75) is 26.0 Å². The molecule has 3 aromatic rings. The SMILES string of the molecule is CCOCc1cc(C(=O)N2CCc3cc(OC)c(OC)cc3C2c2cccs2)ccc1OC. The molecule has 0 saturated carbocycles. The van der Waals surface area contributed by atoms with Crippen LogP contribution in [0.2, 0.25) is 0 Å². The zero-order valence-electron chi connectivity index (χ0n) is 19.4. The fourth-order valence-corrected chi connectivity index (χ4v) is 5.18. The van der Waals surface area contributed by atoms with Crippen LogP contribution in [0.4, 0.5) is 0 Å². The van der Waals surface area contributed by atoms with E-state index >= 15 is 0 Å². The van der Waals surface area contributed by atoms with Crippen molar-refractivity contribution in [3.63, 3.8) is 0 Å². The van der Waals surface area contributed by atoms with Crippen molar-refractivity contribution in [2.24, 2.45) is 0 Å². The van der Waals surface area contributed by atoms with E-state index in [0.717, 1.165) is 28.2 Å². The lowest BCUT2D eigenvalue weighted by atomic mass is 9.90. The average Bonchev–Trinajstić information content (AvgIpc) is 3.39. The highest BCUT2D eigenvalue weighted by atomic mass is 32.1. The number of nitrogens with zero attached hydrogens (tertiary/aromatic N) is 1. The lowest BCUT2D eigenvalue weighted by Crippen LogP contribution is -2.40. The topological polar surface area (TPSA) is 57.2 Å². The van der Waals surface area contributed by atoms with Crippen LogP contribution >= 0.6 is 11.3 Å². The molecule has 0 radical (unpaired) electrons. The summed E-state index contributed by atoms with van der Waals surface area (Å²) < 4.78 is 22.1. The van der Waals surface area contributed by atoms with Gasteiger partial charge in [-0.25, -0.2) is 0 Å². The molecule has 1 aliphatic heterocycles. The second-order valence-electron chi connectivity index (χ2n) is 7.74. The van der Waals surface area contributed by atoms with Gasteiger partial charge in [0.2, 0.25) is 0 Å². The van der Waals surface area contributed by atoms with Gasteiger partial charge in [0, 0.05) is 29.2 Å². The zero-order valence-corrected chi connectivity index (χ0v) is 20.2. The third-order valence-corrected chi connectivity index (χ3v) is 6.86. The Morgan fingerprint density at radius 3 is 2.45 bits per heavy atom. The van der Waals surface area contributed by atoms with E-state index in [1.54, 1.807) is 32.7 Å². The molecule has 7 heteroatoms. The van der Waals surface area contributed by atoms with Gasteiger partial charge < -0.3 is 23.8 Å². The van der Waals surface area contributed by atoms with Gasteiger partial charge in [-0.15, -0.1) is 11.3 Å². The number of rotatable bonds is 8. The van der Waals surface area contributed by atoms with Crippen LogP contribution in [0, 0.1) is 0 Å². The monoisotopic (exact) mass is 467 g/mol. The summed E-state index contributed by atoms with van der Waals surface area (Å²) >= 11 is 1.65. The van der Waals surface area contributed by atoms with Crippen molar-refractivity contribution >= 4 is 17.2 Å². The highest BCUT2D eigenvalue weighted by Gasteiger charge is 2.34. The van der Waals surface area contributed by atoms with Gasteiger partial charge in [0.05, 0.1) is 34.0 Å². The highest BCUT2D eigenvalue weighted by molar-refractivity contribution is 7.10. The number of hydrogen-bond donors (Lipinski definition) is 0. The molecule has 1 aromatic heterocycles. The van der Waals surface area contributed by atoms with Crippen LogP contribution in [0.25, 0.3) is 0 Å². The molecular formula is C26H29NO5S. The molecule has 0 fully saturated rings. The number of carbonyl (C=O) groups is 1. The van der Waals surface area contributed by atoms with E-state index in [1.807, 2.05) is 53.6 Å². The molecule has 0 spiro atoms. The predicted molar refractivity (Wildman–Crippen MR) is 129 cm³/mol. The van der Waals surface area contributed by atoms with Crippen LogP contribution < -0.4 is 14.2 Å². The van der Waals surface area contributed by atoms with Crippen LogP contribution in [-0.4, -0.2) is 45.3 Å². The number of ether oxygens (including phenoxy) is 4. The molecule has 0 aliphatic carbocycles. The van der Waals surface area contributed by atoms with E-state index in [-0.39, 0.29) is 11.9 Å². The molecule has 4 rings (SSSR count). The Morgan fingerprint density at radius 1 is 1.03 bits per heavy atom. The van der Waals surface area contributed by atoms with Crippen LogP contribution in [0.1, 0.15) is 44.9 Å². The van der Waals surface area contributed by atoms with Gasteiger partial charge in [-0.1, -0.05) is 6.07 Å². The minimum absolute atomic E-state index is 0.0192. The fraction of sp³-hybridized carbons (Fsp3) is 0.346. The van der Waals surface area contributed by atoms with Crippen LogP contribution in [0.5, 0.6) is 17.2 Å². The Balaban J connectivity index is 1.75. The lowest BCUT2D eigenvalue weighted by molar-refractivity contribution is 0.0696. The summed E-state index contributed by atoms with van der Waals surface area (Å²) in [4.78, 5) is 16.9. The Labute approximate surface area is 198 Å². The minimum Gasteiger partial charge on any atom is -0.496 e. The van der Waals surface area contributed by atoms with Gasteiger partial charge in [0.25, 0.3) is 5.91 Å². The van der Waals surface area contributed by atoms with E-state index in [2.05, 4.69) is 6.07 Å². The molecular weight excluding hydrogens is 438 g/mol. The van der Waals surface area contributed by atoms with Crippen LogP contribution in [0.3, 0.4) is 0 Å². The van der Waals surface area contributed by atoms with E-state index in [0.29, 0.717) is 36.8 Å². The smallest absolute Gasteiger partial charge is 0.254 e. The summed E-state index contributed by atoms with van der Waals surface area (Å²) in [7, 11) is 4.90. The Morgan fingerprint density at radius 2 is 1.79 bits per heavy atom. The minimum atomic E-state index is -0.196. The normalized spacial score (nSPS) is 15.2. The maximum atomic E-state index is 13.8. The average molecular weight is 468 g/mol. The predicted octanol–water partition coefficient (Wildman–Crippen LogP) is 5.10. The molecule has 2 heterocycles. The Hall–Kier alpha value is -3.03. The summed E-state index contributed by atoms with van der Waals surface area (Å²) in [6, 6.07) is 13.5. The quantitative estimate of drug-likeness (QED) is 0.461. The van der Waals surface area contributed by atoms with Crippen molar-refractivity contribution in [1.29, 1.82) is 0 Å². The molecule has 2 aromatic carbocycles. The highest BCUT2D eigenvalue weighted by Crippen LogP contribution is 2.42. The largest absolute Gasteiger partial charge is 0.496 e. The molecule has 1 aliphatic rings. The molecule has 0 bridgehead atoms. The second-order valence-corrected chi connectivity index (χ2v) is 8.72. The maximum absolute atomic E-state index is 13.8. The Bertz CT molecular complexity index is 1110. The number of fused-ring (bicyclic) bond motifs is 1. The molecule has 1 atom stereocenters. The number of hydrogen-bond acceptors (Lipinski definition) is 6. The zero-order chi connectivity index (χ0) is 23.4. The van der Waals surface area contributed by atoms with Crippen molar-refractivity contribution < 1.29 is 23.7 Å². The van der Waals surface area contributed by atoms with E-state index in [4.69, 9.17) is 18.9 Å². The van der Waals surface area contributed by atoms with Gasteiger partial charge in [0.1, 0.15) is 5.75 Å². The van der Waals surface area contributed by atoms with Crippen molar-refractivity contribution in [3.8, 4) is 17.2 Å². The van der Waals surface area contributed by atoms with E-state index < -0.39 is 0 Å². The number of benzene rings is 2. The molecule has 174 valence electrons. The summed E-state index contributed by atoms with van der Waals surface area (Å²) in [5.41, 5.74) is 3.72. The van der Waals surface area contributed by atoms with Crippen LogP contribution in [-0.2, 0) is 17.8 Å². The molecule has 0 saturated heterocycles. The first-order chi connectivity index (χ1) is 16.1. The fourth-order valence-electron chi connectivity index (χ4n) is 4.32. The van der Waals surface area contributed by atoms with Crippen molar-refractivity contribution in [2.75, 3.05) is 34.5 Å². The first-order valence-corrected chi connectivity index (χ1v) is 11.8. The van der Waals surface area contributed by atoms with E-state index in [1.165, 1.54) is 5.56 Å². The Kier molecular flexibility index (Phi) is 7.20. The summed E-state index contributed by atoms with van der Waals surface area (Å²) in [6.45, 7) is 3.54.